The number of carbonyl (C=O) groups excluding carboxylic acids is 1. The van der Waals surface area contributed by atoms with Crippen molar-refractivity contribution in [1.29, 1.82) is 0 Å². The molecule has 6 rings (SSSR count). The average Bonchev–Trinajstić information content (AvgIpc) is 3.35. The second-order valence-corrected chi connectivity index (χ2v) is 8.53. The number of benzene rings is 3. The Kier molecular flexibility index (Phi) is 3.93. The summed E-state index contributed by atoms with van der Waals surface area (Å²) in [5, 5.41) is 10.5. The number of hydrogen-bond donors (Lipinski definition) is 1. The zero-order valence-electron chi connectivity index (χ0n) is 16.9. The van der Waals surface area contributed by atoms with Crippen LogP contribution in [0.3, 0.4) is 0 Å². The molecule has 0 aromatic heterocycles. The summed E-state index contributed by atoms with van der Waals surface area (Å²) in [6.45, 7) is 2.10. The number of hydrazone groups is 1. The number of para-hydroxylation sites is 1. The van der Waals surface area contributed by atoms with Gasteiger partial charge < -0.3 is 10.1 Å². The summed E-state index contributed by atoms with van der Waals surface area (Å²) in [7, 11) is 0. The standard InChI is InChI=1S/C25H20ClN3O2/c1-2-15-7-12-20-19(13-15)25(24(30)27-20)29-22(18-5-3-4-6-23(18)31-25)14-21(28-29)16-8-10-17(26)11-9-16/h3-13,22H,2,14H2,1H3,(H,27,30)/t22-,25-/m1/s1. The van der Waals surface area contributed by atoms with Crippen molar-refractivity contribution in [3.63, 3.8) is 0 Å². The largest absolute Gasteiger partial charge is 0.453 e. The molecule has 5 nitrogen and oxygen atoms in total. The zero-order valence-corrected chi connectivity index (χ0v) is 17.7. The highest BCUT2D eigenvalue weighted by Crippen LogP contribution is 2.54. The van der Waals surface area contributed by atoms with Crippen molar-refractivity contribution in [2.45, 2.75) is 31.5 Å². The molecule has 1 spiro atoms. The first-order valence-electron chi connectivity index (χ1n) is 10.5. The van der Waals surface area contributed by atoms with Gasteiger partial charge in [0.1, 0.15) is 5.75 Å². The van der Waals surface area contributed by atoms with Gasteiger partial charge in [-0.15, -0.1) is 0 Å². The molecule has 0 saturated carbocycles. The molecule has 1 N–H and O–H groups in total. The second kappa shape index (κ2) is 6.59. The summed E-state index contributed by atoms with van der Waals surface area (Å²) in [6.07, 6.45) is 1.55. The Bertz CT molecular complexity index is 1250. The molecule has 0 bridgehead atoms. The van der Waals surface area contributed by atoms with Gasteiger partial charge in [-0.25, -0.2) is 5.01 Å². The zero-order chi connectivity index (χ0) is 21.2. The number of anilines is 1. The van der Waals surface area contributed by atoms with Crippen molar-refractivity contribution in [3.05, 3.63) is 94.0 Å². The molecular formula is C25H20ClN3O2. The maximum Gasteiger partial charge on any atom is 0.306 e. The van der Waals surface area contributed by atoms with Crippen LogP contribution in [0, 0.1) is 0 Å². The number of fused-ring (bicyclic) bond motifs is 6. The van der Waals surface area contributed by atoms with E-state index < -0.39 is 5.72 Å². The van der Waals surface area contributed by atoms with Gasteiger partial charge in [0.25, 0.3) is 5.91 Å². The van der Waals surface area contributed by atoms with Gasteiger partial charge in [0, 0.05) is 17.0 Å². The molecule has 3 heterocycles. The second-order valence-electron chi connectivity index (χ2n) is 8.09. The van der Waals surface area contributed by atoms with Crippen LogP contribution in [0.25, 0.3) is 0 Å². The number of ether oxygens (including phenoxy) is 1. The fourth-order valence-electron chi connectivity index (χ4n) is 4.77. The Balaban J connectivity index is 1.56. The number of hydrogen-bond acceptors (Lipinski definition) is 4. The third-order valence-corrected chi connectivity index (χ3v) is 6.61. The van der Waals surface area contributed by atoms with Gasteiger partial charge in [-0.2, -0.15) is 5.10 Å². The highest BCUT2D eigenvalue weighted by Gasteiger charge is 2.60. The van der Waals surface area contributed by atoms with Crippen molar-refractivity contribution in [2.24, 2.45) is 5.10 Å². The Morgan fingerprint density at radius 2 is 1.97 bits per heavy atom. The van der Waals surface area contributed by atoms with E-state index in [2.05, 4.69) is 24.4 Å². The third kappa shape index (κ3) is 2.56. The van der Waals surface area contributed by atoms with Crippen LogP contribution in [0.15, 0.2) is 71.8 Å². The quantitative estimate of drug-likeness (QED) is 0.605. The molecule has 0 aliphatic carbocycles. The lowest BCUT2D eigenvalue weighted by Gasteiger charge is -2.44. The summed E-state index contributed by atoms with van der Waals surface area (Å²) in [4.78, 5) is 13.5. The maximum absolute atomic E-state index is 13.5. The maximum atomic E-state index is 13.5. The number of halogens is 1. The van der Waals surface area contributed by atoms with Crippen molar-refractivity contribution in [3.8, 4) is 5.75 Å². The van der Waals surface area contributed by atoms with E-state index in [4.69, 9.17) is 21.4 Å². The monoisotopic (exact) mass is 429 g/mol. The number of rotatable bonds is 2. The summed E-state index contributed by atoms with van der Waals surface area (Å²) in [5.41, 5.74) is 4.35. The summed E-state index contributed by atoms with van der Waals surface area (Å²) >= 11 is 6.09. The molecule has 31 heavy (non-hydrogen) atoms. The lowest BCUT2D eigenvalue weighted by atomic mass is 9.91. The minimum Gasteiger partial charge on any atom is -0.453 e. The molecular weight excluding hydrogens is 410 g/mol. The molecule has 0 radical (unpaired) electrons. The Hall–Kier alpha value is -3.31. The molecule has 3 aromatic rings. The van der Waals surface area contributed by atoms with Crippen LogP contribution >= 0.6 is 11.6 Å². The van der Waals surface area contributed by atoms with E-state index in [1.807, 2.05) is 59.6 Å². The van der Waals surface area contributed by atoms with Crippen LogP contribution in [-0.2, 0) is 16.9 Å². The Morgan fingerprint density at radius 1 is 1.16 bits per heavy atom. The van der Waals surface area contributed by atoms with Crippen LogP contribution in [0.5, 0.6) is 5.75 Å². The summed E-state index contributed by atoms with van der Waals surface area (Å²) < 4.78 is 6.52. The minimum absolute atomic E-state index is 0.0994. The van der Waals surface area contributed by atoms with Crippen molar-refractivity contribution < 1.29 is 9.53 Å². The van der Waals surface area contributed by atoms with Crippen LogP contribution in [0.1, 0.15) is 41.6 Å². The summed E-state index contributed by atoms with van der Waals surface area (Å²) in [5.74, 6) is 0.512. The van der Waals surface area contributed by atoms with Gasteiger partial charge in [0.05, 0.1) is 23.0 Å². The fourth-order valence-corrected chi connectivity index (χ4v) is 4.90. The molecule has 0 saturated heterocycles. The van der Waals surface area contributed by atoms with Gasteiger partial charge in [-0.05, 0) is 47.9 Å². The van der Waals surface area contributed by atoms with E-state index in [9.17, 15) is 4.79 Å². The average molecular weight is 430 g/mol. The third-order valence-electron chi connectivity index (χ3n) is 6.36. The molecule has 3 aliphatic rings. The van der Waals surface area contributed by atoms with Crippen LogP contribution < -0.4 is 10.1 Å². The van der Waals surface area contributed by atoms with Gasteiger partial charge >= 0.3 is 5.72 Å². The van der Waals surface area contributed by atoms with E-state index in [-0.39, 0.29) is 11.9 Å². The van der Waals surface area contributed by atoms with E-state index >= 15 is 0 Å². The fraction of sp³-hybridized carbons (Fsp3) is 0.200. The lowest BCUT2D eigenvalue weighted by Crippen LogP contribution is -2.55. The highest BCUT2D eigenvalue weighted by atomic mass is 35.5. The first-order chi connectivity index (χ1) is 15.1. The Morgan fingerprint density at radius 3 is 2.77 bits per heavy atom. The predicted molar refractivity (Wildman–Crippen MR) is 120 cm³/mol. The minimum atomic E-state index is -1.33. The van der Waals surface area contributed by atoms with Gasteiger partial charge in [-0.3, -0.25) is 4.79 Å². The molecule has 0 fully saturated rings. The SMILES string of the molecule is CCc1ccc2c(c1)[C@@]1(Oc3ccccc3[C@H]3CC(c4ccc(Cl)cc4)=NN31)C(=O)N2. The smallest absolute Gasteiger partial charge is 0.306 e. The van der Waals surface area contributed by atoms with Crippen LogP contribution in [-0.4, -0.2) is 16.6 Å². The van der Waals surface area contributed by atoms with E-state index in [0.717, 1.165) is 45.8 Å². The predicted octanol–water partition coefficient (Wildman–Crippen LogP) is 5.25. The lowest BCUT2D eigenvalue weighted by molar-refractivity contribution is -0.161. The number of nitrogens with zero attached hydrogens (tertiary/aromatic N) is 2. The van der Waals surface area contributed by atoms with Crippen molar-refractivity contribution in [2.75, 3.05) is 5.32 Å². The molecule has 3 aromatic carbocycles. The van der Waals surface area contributed by atoms with Crippen molar-refractivity contribution >= 4 is 28.9 Å². The van der Waals surface area contributed by atoms with Gasteiger partial charge in [-0.1, -0.05) is 54.9 Å². The number of amides is 1. The topological polar surface area (TPSA) is 53.9 Å². The van der Waals surface area contributed by atoms with E-state index in [0.29, 0.717) is 11.4 Å². The molecule has 2 atom stereocenters. The molecule has 1 amide bonds. The first kappa shape index (κ1) is 18.5. The molecule has 154 valence electrons. The molecule has 3 aliphatic heterocycles. The molecule has 0 unspecified atom stereocenters. The highest BCUT2D eigenvalue weighted by molar-refractivity contribution is 6.30. The van der Waals surface area contributed by atoms with E-state index in [1.165, 1.54) is 0 Å². The number of nitrogens with one attached hydrogen (secondary N) is 1. The first-order valence-corrected chi connectivity index (χ1v) is 10.8. The number of carbonyl (C=O) groups is 1. The van der Waals surface area contributed by atoms with Crippen LogP contribution in [0.4, 0.5) is 5.69 Å². The summed E-state index contributed by atoms with van der Waals surface area (Å²) in [6, 6.07) is 21.5. The molecule has 6 heteroatoms. The Labute approximate surface area is 185 Å². The normalized spacial score (nSPS) is 23.0. The number of aryl methyl sites for hydroxylation is 1. The van der Waals surface area contributed by atoms with Crippen LogP contribution in [0.2, 0.25) is 5.02 Å². The van der Waals surface area contributed by atoms with Gasteiger partial charge in [0.15, 0.2) is 0 Å². The van der Waals surface area contributed by atoms with Gasteiger partial charge in [0.2, 0.25) is 0 Å². The van der Waals surface area contributed by atoms with E-state index in [1.54, 1.807) is 0 Å². The van der Waals surface area contributed by atoms with Crippen molar-refractivity contribution in [1.82, 2.24) is 5.01 Å².